The van der Waals surface area contributed by atoms with Crippen LogP contribution in [0.1, 0.15) is 28.7 Å². The van der Waals surface area contributed by atoms with Crippen molar-refractivity contribution < 1.29 is 27.1 Å². The molecular formula is C25H20ClF4N9O2. The Morgan fingerprint density at radius 3 is 2.68 bits per heavy atom. The first-order chi connectivity index (χ1) is 19.4. The highest BCUT2D eigenvalue weighted by molar-refractivity contribution is 6.29. The first kappa shape index (κ1) is 28.1. The number of aryl methyl sites for hydroxylation is 1. The van der Waals surface area contributed by atoms with Crippen molar-refractivity contribution in [1.29, 1.82) is 10.5 Å². The molecule has 2 aliphatic heterocycles. The van der Waals surface area contributed by atoms with E-state index < -0.39 is 46.9 Å². The first-order valence-electron chi connectivity index (χ1n) is 12.1. The third-order valence-corrected chi connectivity index (χ3v) is 7.32. The van der Waals surface area contributed by atoms with Gasteiger partial charge < -0.3 is 15.4 Å². The summed E-state index contributed by atoms with van der Waals surface area (Å²) in [4.78, 5) is 20.3. The van der Waals surface area contributed by atoms with Crippen LogP contribution in [-0.2, 0) is 12.7 Å². The van der Waals surface area contributed by atoms with Crippen LogP contribution in [0, 0.1) is 35.4 Å². The molecule has 0 bridgehead atoms. The minimum Gasteiger partial charge on any atom is -0.488 e. The number of nitrogens with zero attached hydrogens (tertiary/aromatic N) is 8. The van der Waals surface area contributed by atoms with Crippen molar-refractivity contribution in [3.8, 4) is 29.1 Å². The Morgan fingerprint density at radius 1 is 1.29 bits per heavy atom. The number of halogens is 5. The Balaban J connectivity index is 1.56. The number of alkyl halides is 3. The van der Waals surface area contributed by atoms with Gasteiger partial charge in [0.05, 0.1) is 53.0 Å². The van der Waals surface area contributed by atoms with Gasteiger partial charge in [-0.3, -0.25) is 4.90 Å². The normalized spacial score (nSPS) is 18.9. The summed E-state index contributed by atoms with van der Waals surface area (Å²) < 4.78 is 65.1. The van der Waals surface area contributed by atoms with Crippen molar-refractivity contribution in [3.05, 3.63) is 51.8 Å². The summed E-state index contributed by atoms with van der Waals surface area (Å²) in [5, 5.41) is 26.3. The largest absolute Gasteiger partial charge is 0.488 e. The van der Waals surface area contributed by atoms with E-state index in [1.54, 1.807) is 6.07 Å². The second-order valence-electron chi connectivity index (χ2n) is 9.61. The number of nitrogens with two attached hydrogens (primary N) is 1. The molecule has 11 nitrogen and oxygen atoms in total. The lowest BCUT2D eigenvalue weighted by molar-refractivity contribution is -0.137. The molecule has 2 N–H and O–H groups in total. The quantitative estimate of drug-likeness (QED) is 0.441. The molecule has 2 aromatic heterocycles. The SMILES string of the molecule is Cc1cc(N)nc(-c2c(C#N)cc3c(c2F)OCC2CN(C(=O)n4cnnc4Cl)C(CC#N)CN2C3)c1C(F)(F)F. The summed E-state index contributed by atoms with van der Waals surface area (Å²) in [6, 6.07) is 4.48. The Labute approximate surface area is 235 Å². The zero-order valence-electron chi connectivity index (χ0n) is 21.3. The number of fused-ring (bicyclic) bond motifs is 2. The van der Waals surface area contributed by atoms with E-state index in [9.17, 15) is 28.5 Å². The van der Waals surface area contributed by atoms with E-state index in [0.29, 0.717) is 0 Å². The lowest BCUT2D eigenvalue weighted by Gasteiger charge is -2.44. The molecule has 0 radical (unpaired) electrons. The van der Waals surface area contributed by atoms with Crippen LogP contribution >= 0.6 is 11.6 Å². The van der Waals surface area contributed by atoms with Gasteiger partial charge >= 0.3 is 12.2 Å². The smallest absolute Gasteiger partial charge is 0.418 e. The lowest BCUT2D eigenvalue weighted by Crippen LogP contribution is -2.61. The van der Waals surface area contributed by atoms with Crippen molar-refractivity contribution in [2.75, 3.05) is 25.4 Å². The predicted molar refractivity (Wildman–Crippen MR) is 135 cm³/mol. The van der Waals surface area contributed by atoms with Gasteiger partial charge in [-0.25, -0.2) is 18.7 Å². The third kappa shape index (κ3) is 4.98. The van der Waals surface area contributed by atoms with Crippen LogP contribution in [0.2, 0.25) is 5.28 Å². The van der Waals surface area contributed by atoms with Crippen LogP contribution in [0.25, 0.3) is 11.3 Å². The summed E-state index contributed by atoms with van der Waals surface area (Å²) in [7, 11) is 0. The highest BCUT2D eigenvalue weighted by Gasteiger charge is 2.42. The van der Waals surface area contributed by atoms with Gasteiger partial charge in [0.15, 0.2) is 11.6 Å². The molecule has 1 fully saturated rings. The zero-order chi connectivity index (χ0) is 29.6. The van der Waals surface area contributed by atoms with Gasteiger partial charge in [0.1, 0.15) is 18.8 Å². The second-order valence-corrected chi connectivity index (χ2v) is 9.95. The monoisotopic (exact) mass is 589 g/mol. The van der Waals surface area contributed by atoms with E-state index >= 15 is 4.39 Å². The van der Waals surface area contributed by atoms with Crippen LogP contribution in [0.15, 0.2) is 18.5 Å². The number of nitriles is 2. The average Bonchev–Trinajstić information content (AvgIpc) is 3.24. The molecule has 0 aliphatic carbocycles. The van der Waals surface area contributed by atoms with E-state index in [-0.39, 0.29) is 66.2 Å². The maximum absolute atomic E-state index is 16.1. The Kier molecular flexibility index (Phi) is 7.19. The van der Waals surface area contributed by atoms with Crippen molar-refractivity contribution in [2.45, 2.75) is 38.1 Å². The maximum atomic E-state index is 16.1. The number of amides is 1. The number of anilines is 1. The molecule has 2 aliphatic rings. The molecule has 1 amide bonds. The number of rotatable bonds is 2. The molecule has 3 aromatic rings. The van der Waals surface area contributed by atoms with E-state index in [1.165, 1.54) is 17.9 Å². The fraction of sp³-hybridized carbons (Fsp3) is 0.360. The molecular weight excluding hydrogens is 570 g/mol. The van der Waals surface area contributed by atoms with Gasteiger partial charge in [-0.1, -0.05) is 0 Å². The number of hydrogen-bond acceptors (Lipinski definition) is 9. The average molecular weight is 590 g/mol. The van der Waals surface area contributed by atoms with E-state index in [0.717, 1.165) is 17.0 Å². The molecule has 212 valence electrons. The van der Waals surface area contributed by atoms with Crippen LogP contribution in [-0.4, -0.2) is 67.4 Å². The van der Waals surface area contributed by atoms with Crippen LogP contribution in [0.3, 0.4) is 0 Å². The fourth-order valence-corrected chi connectivity index (χ4v) is 5.44. The summed E-state index contributed by atoms with van der Waals surface area (Å²) in [6.45, 7) is 1.31. The number of nitrogen functional groups attached to an aromatic ring is 1. The Hall–Kier alpha value is -4.47. The second kappa shape index (κ2) is 10.5. The molecule has 41 heavy (non-hydrogen) atoms. The molecule has 2 atom stereocenters. The highest BCUT2D eigenvalue weighted by atomic mass is 35.5. The standard InChI is InChI=1S/C25H20ClF4N9O2/c1-12-4-17(33)35-21(19(12)25(28,29)30)18-13(6-32)5-14-7-37-8-15(2-3-31)38(24(40)39-11-34-36-23(39)26)9-16(37)10-41-22(14)20(18)27/h4-5,11,15-16H,2,7-10H2,1H3,(H2,33,35). The van der Waals surface area contributed by atoms with Gasteiger partial charge in [0, 0.05) is 25.2 Å². The summed E-state index contributed by atoms with van der Waals surface area (Å²) in [6.07, 6.45) is -3.80. The minimum absolute atomic E-state index is 0.0279. The minimum atomic E-state index is -4.91. The van der Waals surface area contributed by atoms with Gasteiger partial charge in [-0.05, 0) is 36.2 Å². The lowest BCUT2D eigenvalue weighted by atomic mass is 9.94. The summed E-state index contributed by atoms with van der Waals surface area (Å²) in [5.74, 6) is -1.79. The number of carbonyl (C=O) groups excluding carboxylic acids is 1. The van der Waals surface area contributed by atoms with Crippen molar-refractivity contribution in [1.82, 2.24) is 29.5 Å². The summed E-state index contributed by atoms with van der Waals surface area (Å²) >= 11 is 5.96. The Morgan fingerprint density at radius 2 is 2.05 bits per heavy atom. The van der Waals surface area contributed by atoms with E-state index in [4.69, 9.17) is 22.1 Å². The van der Waals surface area contributed by atoms with Crippen molar-refractivity contribution in [3.63, 3.8) is 0 Å². The highest BCUT2D eigenvalue weighted by Crippen LogP contribution is 2.44. The molecule has 2 unspecified atom stereocenters. The van der Waals surface area contributed by atoms with Gasteiger partial charge in [0.25, 0.3) is 0 Å². The topological polar surface area (TPSA) is 150 Å². The number of ether oxygens (including phenoxy) is 1. The fourth-order valence-electron chi connectivity index (χ4n) is 5.28. The Bertz CT molecular complexity index is 1630. The molecule has 16 heteroatoms. The number of aromatic nitrogens is 4. The van der Waals surface area contributed by atoms with Gasteiger partial charge in [0.2, 0.25) is 5.28 Å². The number of hydrogen-bond donors (Lipinski definition) is 1. The first-order valence-corrected chi connectivity index (χ1v) is 12.5. The molecule has 5 rings (SSSR count). The molecule has 0 spiro atoms. The van der Waals surface area contributed by atoms with Gasteiger partial charge in [-0.15, -0.1) is 10.2 Å². The number of piperazine rings is 1. The molecule has 4 heterocycles. The third-order valence-electron chi connectivity index (χ3n) is 7.06. The van der Waals surface area contributed by atoms with Gasteiger partial charge in [-0.2, -0.15) is 23.7 Å². The summed E-state index contributed by atoms with van der Waals surface area (Å²) in [5.41, 5.74) is 2.58. The molecule has 1 aromatic carbocycles. The number of pyridine rings is 1. The van der Waals surface area contributed by atoms with E-state index in [2.05, 4.69) is 21.3 Å². The van der Waals surface area contributed by atoms with Crippen LogP contribution in [0.5, 0.6) is 5.75 Å². The number of benzene rings is 1. The maximum Gasteiger partial charge on any atom is 0.418 e. The number of carbonyl (C=O) groups is 1. The van der Waals surface area contributed by atoms with Crippen LogP contribution in [0.4, 0.5) is 28.2 Å². The van der Waals surface area contributed by atoms with Crippen molar-refractivity contribution in [2.24, 2.45) is 0 Å². The molecule has 0 saturated carbocycles. The van der Waals surface area contributed by atoms with E-state index in [1.807, 2.05) is 4.90 Å². The van der Waals surface area contributed by atoms with Crippen LogP contribution < -0.4 is 10.5 Å². The van der Waals surface area contributed by atoms with Crippen molar-refractivity contribution >= 4 is 23.4 Å². The zero-order valence-corrected chi connectivity index (χ0v) is 22.0. The molecule has 1 saturated heterocycles. The predicted octanol–water partition coefficient (Wildman–Crippen LogP) is 3.74.